The predicted molar refractivity (Wildman–Crippen MR) is 63.6 cm³/mol. The van der Waals surface area contributed by atoms with Crippen LogP contribution in [0.1, 0.15) is 24.8 Å². The summed E-state index contributed by atoms with van der Waals surface area (Å²) in [5.41, 5.74) is 0. The maximum Gasteiger partial charge on any atom is 0.303 e. The molecule has 0 bridgehead atoms. The van der Waals surface area contributed by atoms with Crippen molar-refractivity contribution in [1.82, 2.24) is 10.2 Å². The monoisotopic (exact) mass is 279 g/mol. The van der Waals surface area contributed by atoms with E-state index in [1.165, 1.54) is 11.3 Å². The first kappa shape index (κ1) is 13.8. The first-order valence-electron chi connectivity index (χ1n) is 4.97. The van der Waals surface area contributed by atoms with Gasteiger partial charge >= 0.3 is 5.97 Å². The molecule has 0 aliphatic carbocycles. The van der Waals surface area contributed by atoms with E-state index in [1.807, 2.05) is 6.92 Å². The number of hydrogen-bond donors (Lipinski definition) is 2. The lowest BCUT2D eigenvalue weighted by atomic mass is 10.3. The van der Waals surface area contributed by atoms with E-state index in [4.69, 9.17) is 5.11 Å². The Morgan fingerprint density at radius 2 is 2.18 bits per heavy atom. The number of nitrogens with zero attached hydrogens (tertiary/aromatic N) is 2. The number of aryl methyl sites for hydroxylation is 1. The summed E-state index contributed by atoms with van der Waals surface area (Å²) in [5, 5.41) is 16.8. The van der Waals surface area contributed by atoms with Crippen LogP contribution in [0.4, 0.5) is 5.13 Å². The van der Waals surface area contributed by atoms with Gasteiger partial charge in [-0.05, 0) is 12.8 Å². The molecule has 2 N–H and O–H groups in total. The Labute approximate surface area is 103 Å². The van der Waals surface area contributed by atoms with Crippen molar-refractivity contribution in [2.24, 2.45) is 0 Å². The zero-order valence-corrected chi connectivity index (χ0v) is 10.8. The van der Waals surface area contributed by atoms with Crippen LogP contribution in [0.15, 0.2) is 0 Å². The van der Waals surface area contributed by atoms with Crippen LogP contribution >= 0.6 is 11.3 Å². The SMILES string of the molecule is CCc1nnc(NS(=O)(=O)CCCC(=O)O)s1. The molecule has 1 aromatic rings. The molecule has 1 rings (SSSR count). The number of carbonyl (C=O) groups is 1. The van der Waals surface area contributed by atoms with Crippen molar-refractivity contribution in [3.63, 3.8) is 0 Å². The van der Waals surface area contributed by atoms with Crippen LogP contribution in [0.5, 0.6) is 0 Å². The van der Waals surface area contributed by atoms with Gasteiger partial charge in [-0.1, -0.05) is 18.3 Å². The fourth-order valence-electron chi connectivity index (χ4n) is 1.04. The Morgan fingerprint density at radius 3 is 2.71 bits per heavy atom. The molecular weight excluding hydrogens is 266 g/mol. The van der Waals surface area contributed by atoms with Crippen molar-refractivity contribution in [2.45, 2.75) is 26.2 Å². The van der Waals surface area contributed by atoms with Gasteiger partial charge in [-0.25, -0.2) is 8.42 Å². The van der Waals surface area contributed by atoms with E-state index < -0.39 is 16.0 Å². The number of carboxylic acids is 1. The number of anilines is 1. The molecule has 17 heavy (non-hydrogen) atoms. The summed E-state index contributed by atoms with van der Waals surface area (Å²) in [6.45, 7) is 1.89. The number of aliphatic carboxylic acids is 1. The third kappa shape index (κ3) is 5.09. The van der Waals surface area contributed by atoms with Crippen LogP contribution in [0, 0.1) is 0 Å². The van der Waals surface area contributed by atoms with Gasteiger partial charge in [0.2, 0.25) is 15.2 Å². The third-order valence-electron chi connectivity index (χ3n) is 1.82. The number of nitrogens with one attached hydrogen (secondary N) is 1. The molecule has 7 nitrogen and oxygen atoms in total. The van der Waals surface area contributed by atoms with Gasteiger partial charge in [0.1, 0.15) is 5.01 Å². The minimum Gasteiger partial charge on any atom is -0.481 e. The molecule has 0 fully saturated rings. The molecule has 0 atom stereocenters. The van der Waals surface area contributed by atoms with Gasteiger partial charge in [0.25, 0.3) is 0 Å². The highest BCUT2D eigenvalue weighted by Gasteiger charge is 2.14. The van der Waals surface area contributed by atoms with Crippen molar-refractivity contribution in [3.8, 4) is 0 Å². The quantitative estimate of drug-likeness (QED) is 0.760. The van der Waals surface area contributed by atoms with Gasteiger partial charge in [-0.15, -0.1) is 10.2 Å². The van der Waals surface area contributed by atoms with E-state index in [2.05, 4.69) is 14.9 Å². The zero-order chi connectivity index (χ0) is 12.9. The van der Waals surface area contributed by atoms with Crippen molar-refractivity contribution in [1.29, 1.82) is 0 Å². The molecule has 0 aromatic carbocycles. The van der Waals surface area contributed by atoms with Crippen LogP contribution in [0.25, 0.3) is 0 Å². The highest BCUT2D eigenvalue weighted by molar-refractivity contribution is 7.92. The molecule has 0 aliphatic heterocycles. The average Bonchev–Trinajstić information content (AvgIpc) is 2.63. The maximum absolute atomic E-state index is 11.5. The van der Waals surface area contributed by atoms with E-state index in [0.29, 0.717) is 6.42 Å². The summed E-state index contributed by atoms with van der Waals surface area (Å²) >= 11 is 1.17. The Balaban J connectivity index is 2.51. The summed E-state index contributed by atoms with van der Waals surface area (Å²) in [6, 6.07) is 0. The highest BCUT2D eigenvalue weighted by atomic mass is 32.2. The average molecular weight is 279 g/mol. The van der Waals surface area contributed by atoms with Gasteiger partial charge in [0.05, 0.1) is 5.75 Å². The molecule has 0 radical (unpaired) electrons. The summed E-state index contributed by atoms with van der Waals surface area (Å²) in [5.74, 6) is -1.25. The molecule has 1 aromatic heterocycles. The van der Waals surface area contributed by atoms with Crippen molar-refractivity contribution < 1.29 is 18.3 Å². The second-order valence-corrected chi connectivity index (χ2v) is 6.18. The largest absolute Gasteiger partial charge is 0.481 e. The molecule has 0 saturated carbocycles. The van der Waals surface area contributed by atoms with Gasteiger partial charge in [-0.3, -0.25) is 9.52 Å². The Morgan fingerprint density at radius 1 is 1.47 bits per heavy atom. The Kier molecular flexibility index (Phi) is 4.82. The van der Waals surface area contributed by atoms with Gasteiger partial charge in [0.15, 0.2) is 0 Å². The van der Waals surface area contributed by atoms with E-state index in [9.17, 15) is 13.2 Å². The summed E-state index contributed by atoms with van der Waals surface area (Å²) in [6.07, 6.45) is 0.597. The standard InChI is InChI=1S/C8H13N3O4S2/c1-2-6-9-10-8(16-6)11-17(14,15)5-3-4-7(12)13/h2-5H2,1H3,(H,10,11)(H,12,13). The normalized spacial score (nSPS) is 11.4. The minimum atomic E-state index is -3.53. The van der Waals surface area contributed by atoms with Crippen LogP contribution < -0.4 is 4.72 Å². The molecule has 0 aliphatic rings. The fourth-order valence-corrected chi connectivity index (χ4v) is 3.05. The Hall–Kier alpha value is -1.22. The minimum absolute atomic E-state index is 0.0735. The lowest BCUT2D eigenvalue weighted by molar-refractivity contribution is -0.137. The van der Waals surface area contributed by atoms with E-state index in [1.54, 1.807) is 0 Å². The van der Waals surface area contributed by atoms with E-state index >= 15 is 0 Å². The lowest BCUT2D eigenvalue weighted by Crippen LogP contribution is -2.17. The smallest absolute Gasteiger partial charge is 0.303 e. The molecule has 0 saturated heterocycles. The summed E-state index contributed by atoms with van der Waals surface area (Å²) in [7, 11) is -3.53. The zero-order valence-electron chi connectivity index (χ0n) is 9.21. The molecule has 0 spiro atoms. The topological polar surface area (TPSA) is 109 Å². The number of aromatic nitrogens is 2. The maximum atomic E-state index is 11.5. The van der Waals surface area contributed by atoms with Gasteiger partial charge < -0.3 is 5.11 Å². The number of hydrogen-bond acceptors (Lipinski definition) is 6. The van der Waals surface area contributed by atoms with E-state index in [-0.39, 0.29) is 23.7 Å². The first-order valence-corrected chi connectivity index (χ1v) is 7.44. The second-order valence-electron chi connectivity index (χ2n) is 3.27. The molecular formula is C8H13N3O4S2. The molecule has 0 amide bonds. The lowest BCUT2D eigenvalue weighted by Gasteiger charge is -2.02. The highest BCUT2D eigenvalue weighted by Crippen LogP contribution is 2.17. The molecule has 96 valence electrons. The van der Waals surface area contributed by atoms with Crippen molar-refractivity contribution >= 4 is 32.5 Å². The Bertz CT molecular complexity index is 483. The van der Waals surface area contributed by atoms with Crippen LogP contribution in [-0.4, -0.2) is 35.4 Å². The number of carboxylic acid groups (broad SMARTS) is 1. The first-order chi connectivity index (χ1) is 7.93. The molecule has 9 heteroatoms. The van der Waals surface area contributed by atoms with Crippen LogP contribution in [0.3, 0.4) is 0 Å². The van der Waals surface area contributed by atoms with Gasteiger partial charge in [0, 0.05) is 6.42 Å². The summed E-state index contributed by atoms with van der Waals surface area (Å²) < 4.78 is 25.3. The third-order valence-corrected chi connectivity index (χ3v) is 4.26. The van der Waals surface area contributed by atoms with Crippen molar-refractivity contribution in [3.05, 3.63) is 5.01 Å². The van der Waals surface area contributed by atoms with Crippen molar-refractivity contribution in [2.75, 3.05) is 10.5 Å². The molecule has 1 heterocycles. The second kappa shape index (κ2) is 5.92. The molecule has 0 unspecified atom stereocenters. The van der Waals surface area contributed by atoms with Gasteiger partial charge in [-0.2, -0.15) is 0 Å². The fraction of sp³-hybridized carbons (Fsp3) is 0.625. The summed E-state index contributed by atoms with van der Waals surface area (Å²) in [4.78, 5) is 10.3. The van der Waals surface area contributed by atoms with Crippen LogP contribution in [0.2, 0.25) is 0 Å². The van der Waals surface area contributed by atoms with Crippen LogP contribution in [-0.2, 0) is 21.2 Å². The van der Waals surface area contributed by atoms with E-state index in [0.717, 1.165) is 5.01 Å². The number of sulfonamides is 1. The predicted octanol–water partition coefficient (Wildman–Crippen LogP) is 0.707. The number of rotatable bonds is 7.